The highest BCUT2D eigenvalue weighted by molar-refractivity contribution is 6.34. The zero-order valence-electron chi connectivity index (χ0n) is 57.0. The molecule has 0 saturated heterocycles. The largest absolute Gasteiger partial charge is 0.493 e. The zero-order chi connectivity index (χ0) is 76.1. The molecule has 0 bridgehead atoms. The normalized spacial score (nSPS) is 12.9. The summed E-state index contributed by atoms with van der Waals surface area (Å²) in [5.41, 5.74) is 19.1. The van der Waals surface area contributed by atoms with Crippen molar-refractivity contribution >= 4 is 68.8 Å². The van der Waals surface area contributed by atoms with Gasteiger partial charge < -0.3 is 31.4 Å². The quantitative estimate of drug-likeness (QED) is 0.0810. The maximum atomic E-state index is 15.5. The average Bonchev–Trinajstić information content (AvgIpc) is 1.50. The second-order valence-corrected chi connectivity index (χ2v) is 25.6. The third kappa shape index (κ3) is 15.2. The number of imidazole rings is 3. The molecule has 6 N–H and O–H groups in total. The fraction of sp³-hybridized carbons (Fsp3) is 0.282. The molecule has 104 heavy (non-hydrogen) atoms. The van der Waals surface area contributed by atoms with Gasteiger partial charge >= 0.3 is 18.5 Å². The van der Waals surface area contributed by atoms with Gasteiger partial charge in [0, 0.05) is 107 Å². The van der Waals surface area contributed by atoms with Crippen molar-refractivity contribution in [3.8, 4) is 50.6 Å². The van der Waals surface area contributed by atoms with E-state index in [4.69, 9.17) is 66.2 Å². The van der Waals surface area contributed by atoms with Crippen molar-refractivity contribution < 1.29 is 66.9 Å². The Hall–Kier alpha value is -10.2. The highest BCUT2D eigenvalue weighted by Crippen LogP contribution is 2.48. The first kappa shape index (κ1) is 76.4. The van der Waals surface area contributed by atoms with Crippen LogP contribution in [-0.2, 0) is 18.5 Å². The lowest BCUT2D eigenvalue weighted by Gasteiger charge is -2.23. The molecule has 0 fully saturated rings. The Morgan fingerprint density at radius 2 is 0.692 bits per heavy atom. The number of fused-ring (bicyclic) bond motifs is 3. The molecule has 9 aromatic heterocycles. The van der Waals surface area contributed by atoms with E-state index >= 15 is 13.2 Å². The monoisotopic (exact) mass is 1510 g/mol. The number of halogens is 15. The highest BCUT2D eigenvalue weighted by Gasteiger charge is 2.37. The molecule has 0 amide bonds. The molecule has 0 radical (unpaired) electrons. The van der Waals surface area contributed by atoms with Crippen molar-refractivity contribution in [3.05, 3.63) is 211 Å². The van der Waals surface area contributed by atoms with Crippen LogP contribution in [0.5, 0.6) is 17.2 Å². The summed E-state index contributed by atoms with van der Waals surface area (Å²) in [5.74, 6) is -0.522. The van der Waals surface area contributed by atoms with Gasteiger partial charge in [-0.2, -0.15) is 39.5 Å². The Morgan fingerprint density at radius 1 is 0.423 bits per heavy atom. The Balaban J connectivity index is 0.000000167. The number of nitrogens with two attached hydrogens (primary N) is 3. The van der Waals surface area contributed by atoms with E-state index in [9.17, 15) is 39.5 Å². The van der Waals surface area contributed by atoms with Gasteiger partial charge in [-0.25, -0.2) is 43.1 Å². The SMILES string of the molecule is CCOc1c([C@H](C)c2nc(Cl)c3c(N)nccn23)cc(C)c(F)c1-c1ccc(C(F)(F)F)nc1.Cc1cc([C@@H](C)c2nc(Cl)c3c(N)nccn23)c(OC(C)C)c(-c2ccc(C(F)(F)F)nc2)c1F.Cc1cc([C@H](C)c2nc(Cl)c3c(N)nccn23)c(OC(C)C)c(-c2ccc(C(F)(F)F)nc2)c1F. The number of nitrogens with zero attached hydrogens (tertiary/aromatic N) is 12. The lowest BCUT2D eigenvalue weighted by atomic mass is 9.91. The predicted molar refractivity (Wildman–Crippen MR) is 371 cm³/mol. The van der Waals surface area contributed by atoms with Crippen LogP contribution in [0.1, 0.15) is 141 Å². The second kappa shape index (κ2) is 29.9. The summed E-state index contributed by atoms with van der Waals surface area (Å²) in [5, 5.41) is 0.487. The third-order valence-corrected chi connectivity index (χ3v) is 17.4. The lowest BCUT2D eigenvalue weighted by Crippen LogP contribution is -2.13. The fourth-order valence-corrected chi connectivity index (χ4v) is 12.6. The second-order valence-electron chi connectivity index (χ2n) is 24.5. The molecule has 9 heterocycles. The lowest BCUT2D eigenvalue weighted by molar-refractivity contribution is -0.141. The van der Waals surface area contributed by atoms with E-state index < -0.39 is 70.8 Å². The molecule has 0 aliphatic heterocycles. The number of anilines is 3. The van der Waals surface area contributed by atoms with Crippen LogP contribution in [-0.4, -0.2) is 76.9 Å². The number of rotatable bonds is 15. The summed E-state index contributed by atoms with van der Waals surface area (Å²) in [6, 6.07) is 10.9. The van der Waals surface area contributed by atoms with Gasteiger partial charge in [-0.3, -0.25) is 28.2 Å². The number of pyridine rings is 3. The molecule has 12 aromatic rings. The summed E-state index contributed by atoms with van der Waals surface area (Å²) in [6.45, 7) is 19.3. The summed E-state index contributed by atoms with van der Waals surface area (Å²) in [4.78, 5) is 36.0. The van der Waals surface area contributed by atoms with Crippen molar-refractivity contribution in [2.75, 3.05) is 23.8 Å². The minimum Gasteiger partial charge on any atom is -0.493 e. The van der Waals surface area contributed by atoms with Gasteiger partial charge in [-0.15, -0.1) is 0 Å². The van der Waals surface area contributed by atoms with Gasteiger partial charge in [0.25, 0.3) is 0 Å². The van der Waals surface area contributed by atoms with Gasteiger partial charge in [0.05, 0.1) is 35.5 Å². The molecular formula is C71H64Cl3F12N15O3. The number of aryl methyl sites for hydroxylation is 3. The van der Waals surface area contributed by atoms with Crippen LogP contribution >= 0.6 is 34.8 Å². The molecular weight excluding hydrogens is 1450 g/mol. The van der Waals surface area contributed by atoms with Crippen LogP contribution < -0.4 is 31.4 Å². The van der Waals surface area contributed by atoms with E-state index in [1.54, 1.807) is 105 Å². The van der Waals surface area contributed by atoms with E-state index in [0.717, 1.165) is 36.8 Å². The molecule has 546 valence electrons. The van der Waals surface area contributed by atoms with Crippen LogP contribution in [0.15, 0.2) is 110 Å². The van der Waals surface area contributed by atoms with Crippen LogP contribution in [0.25, 0.3) is 49.9 Å². The van der Waals surface area contributed by atoms with Crippen LogP contribution in [0.2, 0.25) is 15.5 Å². The molecule has 3 aromatic carbocycles. The summed E-state index contributed by atoms with van der Waals surface area (Å²) >= 11 is 19.0. The summed E-state index contributed by atoms with van der Waals surface area (Å²) in [7, 11) is 0. The number of nitrogen functional groups attached to an aromatic ring is 3. The minimum atomic E-state index is -4.61. The van der Waals surface area contributed by atoms with E-state index in [0.29, 0.717) is 50.7 Å². The van der Waals surface area contributed by atoms with E-state index in [2.05, 4.69) is 44.9 Å². The van der Waals surface area contributed by atoms with Crippen molar-refractivity contribution in [2.45, 2.75) is 125 Å². The molecule has 12 rings (SSSR count). The maximum Gasteiger partial charge on any atom is 0.433 e. The number of aromatic nitrogens is 12. The topological polar surface area (TPSA) is 235 Å². The van der Waals surface area contributed by atoms with Crippen LogP contribution in [0, 0.1) is 38.2 Å². The van der Waals surface area contributed by atoms with E-state index in [1.807, 2.05) is 20.8 Å². The number of benzene rings is 3. The first-order chi connectivity index (χ1) is 48.8. The van der Waals surface area contributed by atoms with Crippen molar-refractivity contribution in [2.24, 2.45) is 0 Å². The fourth-order valence-electron chi connectivity index (χ4n) is 11.8. The zero-order valence-corrected chi connectivity index (χ0v) is 59.2. The summed E-state index contributed by atoms with van der Waals surface area (Å²) in [6.07, 6.45) is -2.04. The number of ether oxygens (including phenoxy) is 3. The van der Waals surface area contributed by atoms with Gasteiger partial charge in [0.2, 0.25) is 0 Å². The molecule has 33 heteroatoms. The van der Waals surface area contributed by atoms with E-state index in [-0.39, 0.29) is 119 Å². The Bertz CT molecular complexity index is 4970. The first-order valence-corrected chi connectivity index (χ1v) is 32.9. The van der Waals surface area contributed by atoms with E-state index in [1.165, 1.54) is 36.8 Å². The Labute approximate surface area is 601 Å². The molecule has 0 aliphatic rings. The smallest absolute Gasteiger partial charge is 0.433 e. The van der Waals surface area contributed by atoms with Gasteiger partial charge in [-0.05, 0) is 108 Å². The molecule has 0 aliphatic carbocycles. The molecule has 3 atom stereocenters. The van der Waals surface area contributed by atoms with Gasteiger partial charge in [0.1, 0.15) is 85.8 Å². The number of alkyl halides is 9. The van der Waals surface area contributed by atoms with Gasteiger partial charge in [-0.1, -0.05) is 73.8 Å². The van der Waals surface area contributed by atoms with Crippen LogP contribution in [0.4, 0.5) is 70.1 Å². The number of hydrogen-bond donors (Lipinski definition) is 3. The van der Waals surface area contributed by atoms with Crippen molar-refractivity contribution in [1.29, 1.82) is 0 Å². The van der Waals surface area contributed by atoms with Crippen molar-refractivity contribution in [1.82, 2.24) is 58.1 Å². The Morgan fingerprint density at radius 3 is 0.933 bits per heavy atom. The predicted octanol–water partition coefficient (Wildman–Crippen LogP) is 18.9. The maximum absolute atomic E-state index is 15.5. The third-order valence-electron chi connectivity index (χ3n) is 16.6. The number of hydrogen-bond acceptors (Lipinski definition) is 15. The molecule has 0 unspecified atom stereocenters. The van der Waals surface area contributed by atoms with Crippen LogP contribution in [0.3, 0.4) is 0 Å². The van der Waals surface area contributed by atoms with Gasteiger partial charge in [0.15, 0.2) is 32.9 Å². The average molecular weight is 1510 g/mol. The molecule has 0 spiro atoms. The summed E-state index contributed by atoms with van der Waals surface area (Å²) < 4.78 is 187. The minimum absolute atomic E-state index is 0.0231. The first-order valence-electron chi connectivity index (χ1n) is 31.7. The Kier molecular flexibility index (Phi) is 22.0. The highest BCUT2D eigenvalue weighted by atomic mass is 35.5. The molecule has 0 saturated carbocycles. The standard InChI is InChI=1S/2C24H22ClF4N5O.C23H20ClF4N5O/c2*1-11(2)35-20-15(13(4)23-33-21(25)19-22(30)31-7-8-34(19)23)9-12(3)18(26)17(20)14-5-6-16(32-10-14)24(27,28)29;1-4-34-19-14(12(3)22-32-20(24)18-21(29)30-7-8-33(18)22)9-11(2)17(25)16(19)13-5-6-15(31-10-13)23(26,27)28/h2*5-11,13H,1-4H3,(H2,30,31);5-10,12H,4H2,1-3H3,(H2,29,30)/t2*13-;12-/m100/s1. The molecule has 18 nitrogen and oxygen atoms in total. The van der Waals surface area contributed by atoms with Crippen molar-refractivity contribution in [3.63, 3.8) is 0 Å².